The molecular formula is C12H14N4O2. The Kier molecular flexibility index (Phi) is 3.69. The van der Waals surface area contributed by atoms with Gasteiger partial charge in [-0.1, -0.05) is 18.2 Å². The fourth-order valence-electron chi connectivity index (χ4n) is 1.55. The molecule has 1 aromatic heterocycles. The zero-order valence-corrected chi connectivity index (χ0v) is 10.2. The number of aromatic amines is 1. The number of aromatic nitrogens is 3. The maximum Gasteiger partial charge on any atom is 0.295 e. The minimum atomic E-state index is -0.345. The van der Waals surface area contributed by atoms with Gasteiger partial charge in [-0.2, -0.15) is 0 Å². The van der Waals surface area contributed by atoms with Crippen molar-refractivity contribution in [1.82, 2.24) is 15.2 Å². The van der Waals surface area contributed by atoms with Crippen molar-refractivity contribution in [2.45, 2.75) is 13.5 Å². The molecule has 0 fully saturated rings. The van der Waals surface area contributed by atoms with Gasteiger partial charge in [0.2, 0.25) is 5.82 Å². The van der Waals surface area contributed by atoms with Crippen LogP contribution in [0.4, 0.5) is 5.69 Å². The van der Waals surface area contributed by atoms with Gasteiger partial charge in [0, 0.05) is 18.4 Å². The van der Waals surface area contributed by atoms with Crippen LogP contribution in [0.1, 0.15) is 22.0 Å². The smallest absolute Gasteiger partial charge is 0.295 e. The van der Waals surface area contributed by atoms with E-state index in [4.69, 9.17) is 4.74 Å². The van der Waals surface area contributed by atoms with Crippen molar-refractivity contribution in [2.75, 3.05) is 12.4 Å². The first-order valence-corrected chi connectivity index (χ1v) is 5.48. The molecule has 2 aromatic rings. The van der Waals surface area contributed by atoms with Crippen molar-refractivity contribution >= 4 is 11.6 Å². The van der Waals surface area contributed by atoms with Crippen LogP contribution in [0.25, 0.3) is 0 Å². The van der Waals surface area contributed by atoms with Crippen LogP contribution >= 0.6 is 0 Å². The summed E-state index contributed by atoms with van der Waals surface area (Å²) in [5.41, 5.74) is 1.60. The number of amides is 1. The Bertz CT molecular complexity index is 551. The quantitative estimate of drug-likeness (QED) is 0.857. The molecule has 1 aromatic carbocycles. The van der Waals surface area contributed by atoms with Gasteiger partial charge in [0.05, 0.1) is 6.61 Å². The molecule has 0 unspecified atom stereocenters. The molecule has 0 atom stereocenters. The van der Waals surface area contributed by atoms with Crippen LogP contribution in [0.15, 0.2) is 24.3 Å². The molecule has 0 aliphatic heterocycles. The molecule has 6 heteroatoms. The molecule has 0 saturated carbocycles. The first-order chi connectivity index (χ1) is 8.70. The highest BCUT2D eigenvalue weighted by atomic mass is 16.5. The summed E-state index contributed by atoms with van der Waals surface area (Å²) in [6.07, 6.45) is 0. The molecule has 6 nitrogen and oxygen atoms in total. The fourth-order valence-corrected chi connectivity index (χ4v) is 1.55. The van der Waals surface area contributed by atoms with Gasteiger partial charge in [-0.25, -0.2) is 4.98 Å². The normalized spacial score (nSPS) is 10.3. The predicted octanol–water partition coefficient (Wildman–Crippen LogP) is 1.51. The number of para-hydroxylation sites is 1. The van der Waals surface area contributed by atoms with Crippen LogP contribution in [0, 0.1) is 6.92 Å². The van der Waals surface area contributed by atoms with Crippen molar-refractivity contribution < 1.29 is 9.53 Å². The van der Waals surface area contributed by atoms with E-state index in [-0.39, 0.29) is 11.7 Å². The van der Waals surface area contributed by atoms with Gasteiger partial charge >= 0.3 is 0 Å². The lowest BCUT2D eigenvalue weighted by Gasteiger charge is -2.08. The number of carbonyl (C=O) groups is 1. The Hall–Kier alpha value is -2.21. The number of rotatable bonds is 4. The van der Waals surface area contributed by atoms with E-state index in [0.717, 1.165) is 5.56 Å². The molecule has 18 heavy (non-hydrogen) atoms. The average molecular weight is 246 g/mol. The zero-order valence-electron chi connectivity index (χ0n) is 10.2. The highest BCUT2D eigenvalue weighted by Gasteiger charge is 2.12. The van der Waals surface area contributed by atoms with Crippen LogP contribution in [0.2, 0.25) is 0 Å². The number of hydrogen-bond acceptors (Lipinski definition) is 4. The topological polar surface area (TPSA) is 79.9 Å². The zero-order chi connectivity index (χ0) is 13.0. The van der Waals surface area contributed by atoms with Crippen molar-refractivity contribution in [3.8, 4) is 0 Å². The second-order valence-electron chi connectivity index (χ2n) is 3.79. The lowest BCUT2D eigenvalue weighted by Crippen LogP contribution is -2.15. The molecule has 2 N–H and O–H groups in total. The number of H-pyrrole nitrogens is 1. The highest BCUT2D eigenvalue weighted by Crippen LogP contribution is 2.16. The fraction of sp³-hybridized carbons (Fsp3) is 0.250. The molecule has 0 spiro atoms. The van der Waals surface area contributed by atoms with Gasteiger partial charge in [0.1, 0.15) is 5.82 Å². The molecule has 0 saturated heterocycles. The Balaban J connectivity index is 2.16. The second kappa shape index (κ2) is 5.42. The summed E-state index contributed by atoms with van der Waals surface area (Å²) in [5.74, 6) is 0.382. The third-order valence-corrected chi connectivity index (χ3v) is 2.37. The predicted molar refractivity (Wildman–Crippen MR) is 66.2 cm³/mol. The van der Waals surface area contributed by atoms with Crippen molar-refractivity contribution in [3.63, 3.8) is 0 Å². The number of anilines is 1. The van der Waals surface area contributed by atoms with Crippen LogP contribution in [0.5, 0.6) is 0 Å². The Morgan fingerprint density at radius 1 is 1.44 bits per heavy atom. The second-order valence-corrected chi connectivity index (χ2v) is 3.79. The van der Waals surface area contributed by atoms with Crippen LogP contribution in [-0.4, -0.2) is 28.2 Å². The number of nitrogens with zero attached hydrogens (tertiary/aromatic N) is 2. The van der Waals surface area contributed by atoms with Gasteiger partial charge in [-0.05, 0) is 13.0 Å². The molecular weight excluding hydrogens is 232 g/mol. The maximum atomic E-state index is 11.9. The summed E-state index contributed by atoms with van der Waals surface area (Å²) < 4.78 is 5.07. The number of aryl methyl sites for hydroxylation is 1. The lowest BCUT2D eigenvalue weighted by atomic mass is 10.2. The van der Waals surface area contributed by atoms with E-state index in [2.05, 4.69) is 20.5 Å². The SMILES string of the molecule is COCc1ccccc1NC(=O)c1n[nH]c(C)n1. The summed E-state index contributed by atoms with van der Waals surface area (Å²) in [6, 6.07) is 7.44. The van der Waals surface area contributed by atoms with E-state index in [0.29, 0.717) is 18.1 Å². The average Bonchev–Trinajstić information content (AvgIpc) is 2.79. The van der Waals surface area contributed by atoms with Crippen molar-refractivity contribution in [1.29, 1.82) is 0 Å². The number of nitrogens with one attached hydrogen (secondary N) is 2. The minimum Gasteiger partial charge on any atom is -0.380 e. The third-order valence-electron chi connectivity index (χ3n) is 2.37. The van der Waals surface area contributed by atoms with Crippen LogP contribution in [-0.2, 0) is 11.3 Å². The van der Waals surface area contributed by atoms with Gasteiger partial charge < -0.3 is 10.1 Å². The Labute approximate surface area is 104 Å². The van der Waals surface area contributed by atoms with Crippen LogP contribution < -0.4 is 5.32 Å². The molecule has 2 rings (SSSR count). The third kappa shape index (κ3) is 2.72. The summed E-state index contributed by atoms with van der Waals surface area (Å²) in [5, 5.41) is 9.20. The summed E-state index contributed by atoms with van der Waals surface area (Å²) in [6.45, 7) is 2.17. The number of hydrogen-bond donors (Lipinski definition) is 2. The monoisotopic (exact) mass is 246 g/mol. The molecule has 0 aliphatic carbocycles. The van der Waals surface area contributed by atoms with E-state index in [1.54, 1.807) is 14.0 Å². The molecule has 94 valence electrons. The van der Waals surface area contributed by atoms with Crippen LogP contribution in [0.3, 0.4) is 0 Å². The van der Waals surface area contributed by atoms with E-state index < -0.39 is 0 Å². The molecule has 0 aliphatic rings. The molecule has 1 heterocycles. The minimum absolute atomic E-state index is 0.125. The summed E-state index contributed by atoms with van der Waals surface area (Å²) in [4.78, 5) is 15.9. The van der Waals surface area contributed by atoms with Crippen molar-refractivity contribution in [2.24, 2.45) is 0 Å². The van der Waals surface area contributed by atoms with Gasteiger partial charge in [-0.3, -0.25) is 9.89 Å². The molecule has 0 bridgehead atoms. The van der Waals surface area contributed by atoms with Gasteiger partial charge in [-0.15, -0.1) is 5.10 Å². The molecule has 0 radical (unpaired) electrons. The van der Waals surface area contributed by atoms with Gasteiger partial charge in [0.15, 0.2) is 0 Å². The first-order valence-electron chi connectivity index (χ1n) is 5.48. The van der Waals surface area contributed by atoms with E-state index >= 15 is 0 Å². The largest absolute Gasteiger partial charge is 0.380 e. The number of methoxy groups -OCH3 is 1. The number of ether oxygens (including phenoxy) is 1. The number of benzene rings is 1. The van der Waals surface area contributed by atoms with Gasteiger partial charge in [0.25, 0.3) is 5.91 Å². The van der Waals surface area contributed by atoms with E-state index in [1.807, 2.05) is 24.3 Å². The molecule has 1 amide bonds. The van der Waals surface area contributed by atoms with Crippen molar-refractivity contribution in [3.05, 3.63) is 41.5 Å². The highest BCUT2D eigenvalue weighted by molar-refractivity contribution is 6.01. The Morgan fingerprint density at radius 3 is 2.89 bits per heavy atom. The summed E-state index contributed by atoms with van der Waals surface area (Å²) in [7, 11) is 1.61. The van der Waals surface area contributed by atoms with E-state index in [9.17, 15) is 4.79 Å². The Morgan fingerprint density at radius 2 is 2.22 bits per heavy atom. The first kappa shape index (κ1) is 12.3. The lowest BCUT2D eigenvalue weighted by molar-refractivity contribution is 0.101. The summed E-state index contributed by atoms with van der Waals surface area (Å²) >= 11 is 0. The standard InChI is InChI=1S/C12H14N4O2/c1-8-13-11(16-15-8)12(17)14-10-6-4-3-5-9(10)7-18-2/h3-6H,7H2,1-2H3,(H,14,17)(H,13,15,16). The number of carbonyl (C=O) groups excluding carboxylic acids is 1. The van der Waals surface area contributed by atoms with E-state index in [1.165, 1.54) is 0 Å². The maximum absolute atomic E-state index is 11.9.